The third-order valence-electron chi connectivity index (χ3n) is 3.53. The van der Waals surface area contributed by atoms with Gasteiger partial charge >= 0.3 is 0 Å². The Morgan fingerprint density at radius 2 is 2.18 bits per heavy atom. The fourth-order valence-electron chi connectivity index (χ4n) is 2.31. The van der Waals surface area contributed by atoms with Gasteiger partial charge in [-0.05, 0) is 32.9 Å². The molecule has 0 aromatic rings. The number of rotatable bonds is 6. The maximum Gasteiger partial charge on any atom is 0.217 e. The molecule has 1 saturated heterocycles. The van der Waals surface area contributed by atoms with Crippen molar-refractivity contribution < 1.29 is 8.42 Å². The lowest BCUT2D eigenvalue weighted by atomic mass is 10.2. The van der Waals surface area contributed by atoms with Gasteiger partial charge in [0.05, 0.1) is 5.25 Å². The number of sulfonamides is 1. The second-order valence-electron chi connectivity index (χ2n) is 4.72. The van der Waals surface area contributed by atoms with Gasteiger partial charge in [0.2, 0.25) is 10.0 Å². The summed E-state index contributed by atoms with van der Waals surface area (Å²) in [4.78, 5) is 2.34. The van der Waals surface area contributed by atoms with Crippen LogP contribution in [-0.2, 0) is 10.0 Å². The van der Waals surface area contributed by atoms with Crippen LogP contribution < -0.4 is 0 Å². The van der Waals surface area contributed by atoms with Crippen molar-refractivity contribution in [1.29, 1.82) is 0 Å². The zero-order valence-electron chi connectivity index (χ0n) is 10.9. The molecule has 1 heterocycles. The fraction of sp³-hybridized carbons (Fsp3) is 1.00. The van der Waals surface area contributed by atoms with Crippen LogP contribution in [0, 0.1) is 0 Å². The number of nitrogens with zero attached hydrogens (tertiary/aromatic N) is 2. The van der Waals surface area contributed by atoms with Gasteiger partial charge in [0.1, 0.15) is 0 Å². The van der Waals surface area contributed by atoms with Crippen molar-refractivity contribution in [3.05, 3.63) is 0 Å². The molecule has 0 amide bonds. The van der Waals surface area contributed by atoms with Gasteiger partial charge in [-0.1, -0.05) is 6.92 Å². The topological polar surface area (TPSA) is 40.6 Å². The Labute approximate surface area is 110 Å². The van der Waals surface area contributed by atoms with Crippen LogP contribution >= 0.6 is 11.6 Å². The molecular formula is C11H23ClN2O2S. The summed E-state index contributed by atoms with van der Waals surface area (Å²) in [6.07, 6.45) is 2.25. The minimum absolute atomic E-state index is 0.148. The van der Waals surface area contributed by atoms with Crippen molar-refractivity contribution in [1.82, 2.24) is 9.21 Å². The molecular weight excluding hydrogens is 260 g/mol. The van der Waals surface area contributed by atoms with Crippen LogP contribution in [0.5, 0.6) is 0 Å². The fourth-order valence-corrected chi connectivity index (χ4v) is 3.94. The Bertz CT molecular complexity index is 334. The van der Waals surface area contributed by atoms with Gasteiger partial charge in [0, 0.05) is 25.5 Å². The average Bonchev–Trinajstić information content (AvgIpc) is 2.74. The zero-order valence-corrected chi connectivity index (χ0v) is 12.5. The molecule has 1 fully saturated rings. The minimum Gasteiger partial charge on any atom is -0.299 e. The Balaban J connectivity index is 2.62. The third-order valence-corrected chi connectivity index (χ3v) is 6.38. The lowest BCUT2D eigenvalue weighted by molar-refractivity contribution is 0.237. The summed E-state index contributed by atoms with van der Waals surface area (Å²) in [5, 5.41) is -0.509. The molecule has 2 atom stereocenters. The number of hydrogen-bond acceptors (Lipinski definition) is 3. The number of hydrogen-bond donors (Lipinski definition) is 0. The Morgan fingerprint density at radius 3 is 2.71 bits per heavy atom. The second kappa shape index (κ2) is 6.36. The lowest BCUT2D eigenvalue weighted by Gasteiger charge is -2.28. The number of alkyl halides is 1. The molecule has 0 N–H and O–H groups in total. The van der Waals surface area contributed by atoms with Crippen LogP contribution in [0.25, 0.3) is 0 Å². The quantitative estimate of drug-likeness (QED) is 0.691. The van der Waals surface area contributed by atoms with E-state index in [2.05, 4.69) is 11.8 Å². The number of likely N-dealkylation sites (tertiary alicyclic amines) is 1. The molecule has 17 heavy (non-hydrogen) atoms. The summed E-state index contributed by atoms with van der Waals surface area (Å²) in [5.74, 6) is 0.148. The number of likely N-dealkylation sites (N-methyl/N-ethyl adjacent to an activating group) is 2. The summed E-state index contributed by atoms with van der Waals surface area (Å²) in [6.45, 7) is 6.43. The Kier molecular flexibility index (Phi) is 5.70. The van der Waals surface area contributed by atoms with E-state index in [1.54, 1.807) is 14.0 Å². The maximum absolute atomic E-state index is 12.1. The lowest BCUT2D eigenvalue weighted by Crippen LogP contribution is -2.44. The van der Waals surface area contributed by atoms with E-state index in [9.17, 15) is 8.42 Å². The molecule has 0 bridgehead atoms. The SMILES string of the molecule is CCN1CCCC1CN(C)S(=O)(=O)C(C)CCl. The van der Waals surface area contributed by atoms with E-state index in [4.69, 9.17) is 11.6 Å². The summed E-state index contributed by atoms with van der Waals surface area (Å²) in [6, 6.07) is 0.363. The van der Waals surface area contributed by atoms with E-state index in [0.29, 0.717) is 12.6 Å². The summed E-state index contributed by atoms with van der Waals surface area (Å²) in [5.41, 5.74) is 0. The predicted molar refractivity (Wildman–Crippen MR) is 72.0 cm³/mol. The largest absolute Gasteiger partial charge is 0.299 e. The minimum atomic E-state index is -3.23. The zero-order chi connectivity index (χ0) is 13.1. The molecule has 1 aliphatic heterocycles. The van der Waals surface area contributed by atoms with E-state index in [1.165, 1.54) is 4.31 Å². The molecule has 0 saturated carbocycles. The first-order chi connectivity index (χ1) is 7.93. The first-order valence-electron chi connectivity index (χ1n) is 6.18. The molecule has 0 aromatic heterocycles. The normalized spacial score (nSPS) is 24.4. The van der Waals surface area contributed by atoms with Gasteiger partial charge in [-0.2, -0.15) is 0 Å². The molecule has 0 aromatic carbocycles. The highest BCUT2D eigenvalue weighted by Crippen LogP contribution is 2.19. The summed E-state index contributed by atoms with van der Waals surface area (Å²) < 4.78 is 25.6. The van der Waals surface area contributed by atoms with Crippen LogP contribution in [0.4, 0.5) is 0 Å². The van der Waals surface area contributed by atoms with Crippen LogP contribution in [-0.4, -0.2) is 61.5 Å². The second-order valence-corrected chi connectivity index (χ2v) is 7.48. The highest BCUT2D eigenvalue weighted by Gasteiger charge is 2.30. The van der Waals surface area contributed by atoms with Gasteiger partial charge in [0.25, 0.3) is 0 Å². The molecule has 4 nitrogen and oxygen atoms in total. The average molecular weight is 283 g/mol. The van der Waals surface area contributed by atoms with E-state index in [-0.39, 0.29) is 5.88 Å². The van der Waals surface area contributed by atoms with Crippen molar-refractivity contribution in [3.8, 4) is 0 Å². The predicted octanol–water partition coefficient (Wildman–Crippen LogP) is 1.36. The van der Waals surface area contributed by atoms with Gasteiger partial charge < -0.3 is 0 Å². The Hall–Kier alpha value is 0.160. The van der Waals surface area contributed by atoms with Crippen LogP contribution in [0.15, 0.2) is 0 Å². The Morgan fingerprint density at radius 1 is 1.53 bits per heavy atom. The molecule has 102 valence electrons. The molecule has 0 spiro atoms. The molecule has 2 unspecified atom stereocenters. The third kappa shape index (κ3) is 3.56. The van der Waals surface area contributed by atoms with Gasteiger partial charge in [-0.3, -0.25) is 4.90 Å². The molecule has 0 aliphatic carbocycles. The molecule has 0 radical (unpaired) electrons. The van der Waals surface area contributed by atoms with Crippen LogP contribution in [0.3, 0.4) is 0 Å². The first-order valence-corrected chi connectivity index (χ1v) is 8.22. The van der Waals surface area contributed by atoms with Gasteiger partial charge in [-0.25, -0.2) is 12.7 Å². The van der Waals surface area contributed by atoms with Crippen molar-refractivity contribution in [2.45, 2.75) is 38.0 Å². The van der Waals surface area contributed by atoms with Crippen LogP contribution in [0.1, 0.15) is 26.7 Å². The highest BCUT2D eigenvalue weighted by atomic mass is 35.5. The molecule has 1 aliphatic rings. The van der Waals surface area contributed by atoms with E-state index < -0.39 is 15.3 Å². The smallest absolute Gasteiger partial charge is 0.217 e. The van der Waals surface area contributed by atoms with Crippen molar-refractivity contribution in [2.75, 3.05) is 32.6 Å². The van der Waals surface area contributed by atoms with Crippen molar-refractivity contribution in [3.63, 3.8) is 0 Å². The highest BCUT2D eigenvalue weighted by molar-refractivity contribution is 7.89. The van der Waals surface area contributed by atoms with Crippen molar-refractivity contribution in [2.24, 2.45) is 0 Å². The van der Waals surface area contributed by atoms with E-state index in [0.717, 1.165) is 25.9 Å². The van der Waals surface area contributed by atoms with Gasteiger partial charge in [-0.15, -0.1) is 11.6 Å². The van der Waals surface area contributed by atoms with Gasteiger partial charge in [0.15, 0.2) is 0 Å². The van der Waals surface area contributed by atoms with E-state index in [1.807, 2.05) is 0 Å². The summed E-state index contributed by atoms with van der Waals surface area (Å²) >= 11 is 5.64. The standard InChI is InChI=1S/C11H23ClN2O2S/c1-4-14-7-5-6-11(14)9-13(3)17(15,16)10(2)8-12/h10-11H,4-9H2,1-3H3. The van der Waals surface area contributed by atoms with E-state index >= 15 is 0 Å². The first kappa shape index (κ1) is 15.2. The van der Waals surface area contributed by atoms with Crippen molar-refractivity contribution >= 4 is 21.6 Å². The number of halogens is 1. The monoisotopic (exact) mass is 282 g/mol. The van der Waals surface area contributed by atoms with Crippen LogP contribution in [0.2, 0.25) is 0 Å². The maximum atomic E-state index is 12.1. The summed E-state index contributed by atoms with van der Waals surface area (Å²) in [7, 11) is -1.58. The molecule has 1 rings (SSSR count). The molecule has 6 heteroatoms.